The SMILES string of the molecule is CC(C)c1nc(Cl)cc(Nc2ccc(Br)cc2Cl)n1. The van der Waals surface area contributed by atoms with Crippen molar-refractivity contribution in [3.8, 4) is 0 Å². The highest BCUT2D eigenvalue weighted by Crippen LogP contribution is 2.28. The fourth-order valence-corrected chi connectivity index (χ4v) is 2.40. The summed E-state index contributed by atoms with van der Waals surface area (Å²) >= 11 is 15.5. The number of hydrogen-bond donors (Lipinski definition) is 1. The Morgan fingerprint density at radius 2 is 1.89 bits per heavy atom. The molecular formula is C13H12BrCl2N3. The van der Waals surface area contributed by atoms with Gasteiger partial charge in [0.15, 0.2) is 0 Å². The van der Waals surface area contributed by atoms with Gasteiger partial charge in [-0.05, 0) is 18.2 Å². The van der Waals surface area contributed by atoms with E-state index in [1.165, 1.54) is 0 Å². The van der Waals surface area contributed by atoms with Crippen molar-refractivity contribution < 1.29 is 0 Å². The molecule has 0 saturated heterocycles. The number of nitrogens with one attached hydrogen (secondary N) is 1. The lowest BCUT2D eigenvalue weighted by molar-refractivity contribution is 0.776. The van der Waals surface area contributed by atoms with E-state index < -0.39 is 0 Å². The zero-order chi connectivity index (χ0) is 14.0. The lowest BCUT2D eigenvalue weighted by Gasteiger charge is -2.11. The summed E-state index contributed by atoms with van der Waals surface area (Å²) in [4.78, 5) is 8.60. The first-order valence-electron chi connectivity index (χ1n) is 5.72. The van der Waals surface area contributed by atoms with Gasteiger partial charge in [-0.2, -0.15) is 0 Å². The fourth-order valence-electron chi connectivity index (χ4n) is 1.49. The molecule has 0 aliphatic carbocycles. The van der Waals surface area contributed by atoms with E-state index in [-0.39, 0.29) is 5.92 Å². The third kappa shape index (κ3) is 3.81. The highest BCUT2D eigenvalue weighted by atomic mass is 79.9. The zero-order valence-corrected chi connectivity index (χ0v) is 13.5. The summed E-state index contributed by atoms with van der Waals surface area (Å²) in [6.45, 7) is 4.03. The minimum atomic E-state index is 0.208. The monoisotopic (exact) mass is 359 g/mol. The molecule has 0 aliphatic heterocycles. The molecule has 2 aromatic rings. The summed E-state index contributed by atoms with van der Waals surface area (Å²) in [5.41, 5.74) is 0.773. The molecule has 100 valence electrons. The van der Waals surface area contributed by atoms with Crippen molar-refractivity contribution >= 4 is 50.6 Å². The number of halogens is 3. The van der Waals surface area contributed by atoms with E-state index in [1.54, 1.807) is 6.07 Å². The van der Waals surface area contributed by atoms with Gasteiger partial charge in [-0.1, -0.05) is 53.0 Å². The quantitative estimate of drug-likeness (QED) is 0.743. The van der Waals surface area contributed by atoms with Gasteiger partial charge in [0.2, 0.25) is 0 Å². The maximum atomic E-state index is 6.15. The summed E-state index contributed by atoms with van der Waals surface area (Å²) in [7, 11) is 0. The third-order valence-electron chi connectivity index (χ3n) is 2.42. The van der Waals surface area contributed by atoms with Crippen molar-refractivity contribution in [2.45, 2.75) is 19.8 Å². The summed E-state index contributed by atoms with van der Waals surface area (Å²) in [5, 5.41) is 4.17. The van der Waals surface area contributed by atoms with E-state index in [9.17, 15) is 0 Å². The molecule has 2 rings (SSSR count). The van der Waals surface area contributed by atoms with Gasteiger partial charge in [-0.25, -0.2) is 9.97 Å². The van der Waals surface area contributed by atoms with Crippen molar-refractivity contribution in [2.75, 3.05) is 5.32 Å². The van der Waals surface area contributed by atoms with Gasteiger partial charge in [-0.3, -0.25) is 0 Å². The molecule has 0 saturated carbocycles. The molecule has 3 nitrogen and oxygen atoms in total. The minimum absolute atomic E-state index is 0.208. The molecule has 0 spiro atoms. The molecule has 0 amide bonds. The van der Waals surface area contributed by atoms with Crippen molar-refractivity contribution in [3.63, 3.8) is 0 Å². The highest BCUT2D eigenvalue weighted by molar-refractivity contribution is 9.10. The predicted octanol–water partition coefficient (Wildman–Crippen LogP) is 5.41. The maximum absolute atomic E-state index is 6.15. The Morgan fingerprint density at radius 3 is 2.53 bits per heavy atom. The zero-order valence-electron chi connectivity index (χ0n) is 10.4. The number of aromatic nitrogens is 2. The van der Waals surface area contributed by atoms with E-state index in [4.69, 9.17) is 23.2 Å². The Morgan fingerprint density at radius 1 is 1.16 bits per heavy atom. The summed E-state index contributed by atoms with van der Waals surface area (Å²) in [5.74, 6) is 1.54. The second kappa shape index (κ2) is 6.07. The number of rotatable bonds is 3. The lowest BCUT2D eigenvalue weighted by Crippen LogP contribution is -2.02. The van der Waals surface area contributed by atoms with Crippen molar-refractivity contribution in [3.05, 3.63) is 44.7 Å². The minimum Gasteiger partial charge on any atom is -0.339 e. The summed E-state index contributed by atoms with van der Waals surface area (Å²) in [6, 6.07) is 7.26. The molecule has 1 N–H and O–H groups in total. The first kappa shape index (κ1) is 14.6. The molecule has 19 heavy (non-hydrogen) atoms. The summed E-state index contributed by atoms with van der Waals surface area (Å²) < 4.78 is 0.923. The first-order chi connectivity index (χ1) is 8.95. The molecular weight excluding hydrogens is 349 g/mol. The normalized spacial score (nSPS) is 10.8. The van der Waals surface area contributed by atoms with Gasteiger partial charge in [0.25, 0.3) is 0 Å². The Hall–Kier alpha value is -0.840. The van der Waals surface area contributed by atoms with Crippen LogP contribution in [0.15, 0.2) is 28.7 Å². The van der Waals surface area contributed by atoms with Crippen LogP contribution in [0.4, 0.5) is 11.5 Å². The van der Waals surface area contributed by atoms with Crippen LogP contribution >= 0.6 is 39.1 Å². The van der Waals surface area contributed by atoms with Crippen LogP contribution in [0.3, 0.4) is 0 Å². The third-order valence-corrected chi connectivity index (χ3v) is 3.42. The van der Waals surface area contributed by atoms with Gasteiger partial charge in [0.1, 0.15) is 16.8 Å². The van der Waals surface area contributed by atoms with Crippen molar-refractivity contribution in [1.82, 2.24) is 9.97 Å². The molecule has 1 heterocycles. The molecule has 0 unspecified atom stereocenters. The largest absolute Gasteiger partial charge is 0.339 e. The fraction of sp³-hybridized carbons (Fsp3) is 0.231. The molecule has 1 aromatic carbocycles. The van der Waals surface area contributed by atoms with Crippen molar-refractivity contribution in [2.24, 2.45) is 0 Å². The van der Waals surface area contributed by atoms with E-state index >= 15 is 0 Å². The van der Waals surface area contributed by atoms with Crippen LogP contribution in [0.2, 0.25) is 10.2 Å². The van der Waals surface area contributed by atoms with Gasteiger partial charge >= 0.3 is 0 Å². The standard InChI is InChI=1S/C13H12BrCl2N3/c1-7(2)13-18-11(16)6-12(19-13)17-10-4-3-8(14)5-9(10)15/h3-7H,1-2H3,(H,17,18,19). The second-order valence-electron chi connectivity index (χ2n) is 4.34. The molecule has 0 atom stereocenters. The molecule has 1 aromatic heterocycles. The van der Waals surface area contributed by atoms with E-state index in [0.29, 0.717) is 21.8 Å². The van der Waals surface area contributed by atoms with E-state index in [1.807, 2.05) is 32.0 Å². The molecule has 0 fully saturated rings. The number of nitrogens with zero attached hydrogens (tertiary/aromatic N) is 2. The molecule has 0 bridgehead atoms. The van der Waals surface area contributed by atoms with E-state index in [2.05, 4.69) is 31.2 Å². The Bertz CT molecular complexity index is 602. The smallest absolute Gasteiger partial charge is 0.135 e. The van der Waals surface area contributed by atoms with Gasteiger partial charge in [0, 0.05) is 16.5 Å². The second-order valence-corrected chi connectivity index (χ2v) is 6.05. The number of benzene rings is 1. The molecule has 0 radical (unpaired) electrons. The van der Waals surface area contributed by atoms with Crippen LogP contribution in [-0.2, 0) is 0 Å². The van der Waals surface area contributed by atoms with Crippen LogP contribution in [0.1, 0.15) is 25.6 Å². The molecule has 6 heteroatoms. The Kier molecular flexibility index (Phi) is 4.66. The van der Waals surface area contributed by atoms with Gasteiger partial charge < -0.3 is 5.32 Å². The number of anilines is 2. The maximum Gasteiger partial charge on any atom is 0.135 e. The molecule has 0 aliphatic rings. The lowest BCUT2D eigenvalue weighted by atomic mass is 10.2. The first-order valence-corrected chi connectivity index (χ1v) is 7.27. The van der Waals surface area contributed by atoms with Gasteiger partial charge in [0.05, 0.1) is 10.7 Å². The average molecular weight is 361 g/mol. The van der Waals surface area contributed by atoms with Gasteiger partial charge in [-0.15, -0.1) is 0 Å². The van der Waals surface area contributed by atoms with E-state index in [0.717, 1.165) is 10.2 Å². The van der Waals surface area contributed by atoms with Crippen LogP contribution in [0, 0.1) is 0 Å². The Labute approximate surface area is 130 Å². The van der Waals surface area contributed by atoms with Crippen LogP contribution in [0.5, 0.6) is 0 Å². The highest BCUT2D eigenvalue weighted by Gasteiger charge is 2.08. The van der Waals surface area contributed by atoms with Crippen LogP contribution < -0.4 is 5.32 Å². The van der Waals surface area contributed by atoms with Crippen molar-refractivity contribution in [1.29, 1.82) is 0 Å². The van der Waals surface area contributed by atoms with Crippen LogP contribution in [0.25, 0.3) is 0 Å². The predicted molar refractivity (Wildman–Crippen MR) is 83.6 cm³/mol. The number of hydrogen-bond acceptors (Lipinski definition) is 3. The summed E-state index contributed by atoms with van der Waals surface area (Å²) in [6.07, 6.45) is 0. The Balaban J connectivity index is 2.32. The van der Waals surface area contributed by atoms with Crippen LogP contribution in [-0.4, -0.2) is 9.97 Å². The average Bonchev–Trinajstić information content (AvgIpc) is 2.32. The topological polar surface area (TPSA) is 37.8 Å².